The quantitative estimate of drug-likeness (QED) is 0.795. The third-order valence-electron chi connectivity index (χ3n) is 5.76. The fourth-order valence-electron chi connectivity index (χ4n) is 4.10. The number of pyridine rings is 1. The minimum Gasteiger partial charge on any atom is -0.494 e. The van der Waals surface area contributed by atoms with Gasteiger partial charge in [0.1, 0.15) is 11.8 Å². The zero-order valence-electron chi connectivity index (χ0n) is 16.9. The molecule has 7 nitrogen and oxygen atoms in total. The van der Waals surface area contributed by atoms with Gasteiger partial charge in [-0.05, 0) is 43.7 Å². The molecular weight excluding hydrogens is 368 g/mol. The average Bonchev–Trinajstić information content (AvgIpc) is 2.77. The van der Waals surface area contributed by atoms with Crippen LogP contribution in [0.25, 0.3) is 0 Å². The van der Waals surface area contributed by atoms with Crippen LogP contribution in [0.1, 0.15) is 22.5 Å². The number of nitrogens with zero attached hydrogens (tertiary/aromatic N) is 4. The van der Waals surface area contributed by atoms with Gasteiger partial charge in [0.25, 0.3) is 5.91 Å². The lowest BCUT2D eigenvalue weighted by atomic mass is 9.94. The average molecular weight is 394 g/mol. The number of carbonyl (C=O) groups is 2. The van der Waals surface area contributed by atoms with Crippen molar-refractivity contribution in [2.45, 2.75) is 18.9 Å². The summed E-state index contributed by atoms with van der Waals surface area (Å²) in [4.78, 5) is 37.0. The topological polar surface area (TPSA) is 66.0 Å². The largest absolute Gasteiger partial charge is 0.494 e. The highest BCUT2D eigenvalue weighted by Gasteiger charge is 2.39. The van der Waals surface area contributed by atoms with Crippen molar-refractivity contribution in [1.82, 2.24) is 14.8 Å². The summed E-state index contributed by atoms with van der Waals surface area (Å²) >= 11 is 0. The number of rotatable bonds is 3. The standard InChI is InChI=1S/C22H26N4O3/c1-24-12-14-25(15-13-24)21(27)18-10-9-16-6-3-4-7-17(16)26(18)22(28)20-19(29-2)8-5-11-23-20/h3-8,11,18H,9-10,12-15H2,1-2H3. The molecule has 1 saturated heterocycles. The minimum atomic E-state index is -0.535. The van der Waals surface area contributed by atoms with E-state index in [-0.39, 0.29) is 17.5 Å². The van der Waals surface area contributed by atoms with Gasteiger partial charge in [0, 0.05) is 38.1 Å². The fourth-order valence-corrected chi connectivity index (χ4v) is 4.10. The second-order valence-corrected chi connectivity index (χ2v) is 7.54. The number of likely N-dealkylation sites (N-methyl/N-ethyl adjacent to an activating group) is 1. The van der Waals surface area contributed by atoms with Crippen molar-refractivity contribution in [2.75, 3.05) is 45.2 Å². The molecule has 1 aromatic heterocycles. The van der Waals surface area contributed by atoms with E-state index in [0.717, 1.165) is 30.8 Å². The molecule has 0 N–H and O–H groups in total. The van der Waals surface area contributed by atoms with Crippen LogP contribution in [0.4, 0.5) is 5.69 Å². The van der Waals surface area contributed by atoms with Crippen molar-refractivity contribution in [3.05, 3.63) is 53.9 Å². The van der Waals surface area contributed by atoms with Crippen molar-refractivity contribution >= 4 is 17.5 Å². The molecule has 1 atom stereocenters. The van der Waals surface area contributed by atoms with Gasteiger partial charge in [0.2, 0.25) is 5.91 Å². The SMILES string of the molecule is COc1cccnc1C(=O)N1c2ccccc2CCC1C(=O)N1CCN(C)CC1. The maximum atomic E-state index is 13.6. The van der Waals surface area contributed by atoms with E-state index in [1.165, 1.54) is 7.11 Å². The van der Waals surface area contributed by atoms with Crippen molar-refractivity contribution in [2.24, 2.45) is 0 Å². The lowest BCUT2D eigenvalue weighted by Crippen LogP contribution is -2.57. The van der Waals surface area contributed by atoms with Gasteiger partial charge in [-0.15, -0.1) is 0 Å². The number of anilines is 1. The first-order chi connectivity index (χ1) is 14.1. The molecule has 0 spiro atoms. The van der Waals surface area contributed by atoms with Crippen LogP contribution < -0.4 is 9.64 Å². The van der Waals surface area contributed by atoms with Crippen molar-refractivity contribution in [3.63, 3.8) is 0 Å². The van der Waals surface area contributed by atoms with Crippen LogP contribution >= 0.6 is 0 Å². The molecule has 4 rings (SSSR count). The summed E-state index contributed by atoms with van der Waals surface area (Å²) in [6.45, 7) is 3.05. The molecule has 2 aliphatic heterocycles. The number of hydrogen-bond acceptors (Lipinski definition) is 5. The van der Waals surface area contributed by atoms with Crippen LogP contribution in [0.2, 0.25) is 0 Å². The molecule has 0 aliphatic carbocycles. The van der Waals surface area contributed by atoms with E-state index < -0.39 is 6.04 Å². The maximum Gasteiger partial charge on any atom is 0.281 e. The lowest BCUT2D eigenvalue weighted by Gasteiger charge is -2.40. The number of benzene rings is 1. The number of fused-ring (bicyclic) bond motifs is 1. The zero-order chi connectivity index (χ0) is 20.4. The first-order valence-corrected chi connectivity index (χ1v) is 9.98. The second kappa shape index (κ2) is 8.21. The highest BCUT2D eigenvalue weighted by Crippen LogP contribution is 2.34. The molecule has 1 fully saturated rings. The molecule has 3 heterocycles. The van der Waals surface area contributed by atoms with Gasteiger partial charge in [-0.3, -0.25) is 14.5 Å². The Balaban J connectivity index is 1.71. The number of amides is 2. The molecule has 2 aromatic rings. The van der Waals surface area contributed by atoms with Gasteiger partial charge >= 0.3 is 0 Å². The summed E-state index contributed by atoms with van der Waals surface area (Å²) < 4.78 is 5.36. The normalized spacial score (nSPS) is 19.6. The molecule has 2 aliphatic rings. The Hall–Kier alpha value is -2.93. The van der Waals surface area contributed by atoms with Crippen molar-refractivity contribution < 1.29 is 14.3 Å². The van der Waals surface area contributed by atoms with Crippen LogP contribution in [0.15, 0.2) is 42.6 Å². The predicted octanol–water partition coefficient (Wildman–Crippen LogP) is 1.83. The Bertz CT molecular complexity index is 908. The number of piperazine rings is 1. The molecule has 1 aromatic carbocycles. The molecule has 1 unspecified atom stereocenters. The Morgan fingerprint density at radius 1 is 1.07 bits per heavy atom. The van der Waals surface area contributed by atoms with E-state index in [1.54, 1.807) is 23.2 Å². The zero-order valence-corrected chi connectivity index (χ0v) is 16.9. The third kappa shape index (κ3) is 3.70. The fraction of sp³-hybridized carbons (Fsp3) is 0.409. The Morgan fingerprint density at radius 2 is 1.83 bits per heavy atom. The van der Waals surface area contributed by atoms with Crippen LogP contribution in [-0.2, 0) is 11.2 Å². The Kier molecular flexibility index (Phi) is 5.49. The first-order valence-electron chi connectivity index (χ1n) is 9.98. The van der Waals surface area contributed by atoms with E-state index >= 15 is 0 Å². The number of carbonyl (C=O) groups excluding carboxylic acids is 2. The summed E-state index contributed by atoms with van der Waals surface area (Å²) in [5, 5.41) is 0. The van der Waals surface area contributed by atoms with E-state index in [9.17, 15) is 9.59 Å². The second-order valence-electron chi connectivity index (χ2n) is 7.54. The van der Waals surface area contributed by atoms with Crippen LogP contribution in [0.5, 0.6) is 5.75 Å². The summed E-state index contributed by atoms with van der Waals surface area (Å²) in [7, 11) is 3.58. The summed E-state index contributed by atoms with van der Waals surface area (Å²) in [5.41, 5.74) is 2.07. The molecule has 0 bridgehead atoms. The molecule has 152 valence electrons. The van der Waals surface area contributed by atoms with Crippen LogP contribution in [0, 0.1) is 0 Å². The van der Waals surface area contributed by atoms with Gasteiger partial charge in [-0.2, -0.15) is 0 Å². The highest BCUT2D eigenvalue weighted by atomic mass is 16.5. The van der Waals surface area contributed by atoms with Gasteiger partial charge in [0.05, 0.1) is 7.11 Å². The summed E-state index contributed by atoms with van der Waals surface area (Å²) in [6.07, 6.45) is 2.94. The highest BCUT2D eigenvalue weighted by molar-refractivity contribution is 6.11. The lowest BCUT2D eigenvalue weighted by molar-refractivity contribution is -0.134. The number of aromatic nitrogens is 1. The smallest absolute Gasteiger partial charge is 0.281 e. The summed E-state index contributed by atoms with van der Waals surface area (Å²) in [6, 6.07) is 10.7. The van der Waals surface area contributed by atoms with Gasteiger partial charge < -0.3 is 14.5 Å². The van der Waals surface area contributed by atoms with Gasteiger partial charge in [-0.25, -0.2) is 4.98 Å². The van der Waals surface area contributed by atoms with E-state index in [0.29, 0.717) is 25.3 Å². The van der Waals surface area contributed by atoms with Crippen LogP contribution in [-0.4, -0.2) is 73.0 Å². The molecule has 0 radical (unpaired) electrons. The van der Waals surface area contributed by atoms with Gasteiger partial charge in [-0.1, -0.05) is 18.2 Å². The third-order valence-corrected chi connectivity index (χ3v) is 5.76. The number of methoxy groups -OCH3 is 1. The summed E-state index contributed by atoms with van der Waals surface area (Å²) in [5.74, 6) is 0.115. The van der Waals surface area contributed by atoms with Crippen LogP contribution in [0.3, 0.4) is 0 Å². The molecule has 29 heavy (non-hydrogen) atoms. The molecular formula is C22H26N4O3. The Morgan fingerprint density at radius 3 is 2.59 bits per heavy atom. The molecule has 0 saturated carbocycles. The number of hydrogen-bond donors (Lipinski definition) is 0. The number of para-hydroxylation sites is 1. The van der Waals surface area contributed by atoms with E-state index in [2.05, 4.69) is 16.9 Å². The molecule has 2 amide bonds. The predicted molar refractivity (Wildman–Crippen MR) is 110 cm³/mol. The first kappa shape index (κ1) is 19.4. The minimum absolute atomic E-state index is 0.0100. The maximum absolute atomic E-state index is 13.6. The number of ether oxygens (including phenoxy) is 1. The monoisotopic (exact) mass is 394 g/mol. The number of aryl methyl sites for hydroxylation is 1. The molecule has 7 heteroatoms. The van der Waals surface area contributed by atoms with Gasteiger partial charge in [0.15, 0.2) is 5.69 Å². The van der Waals surface area contributed by atoms with Crippen molar-refractivity contribution in [3.8, 4) is 5.75 Å². The van der Waals surface area contributed by atoms with E-state index in [1.807, 2.05) is 29.2 Å². The Labute approximate surface area is 170 Å². The van der Waals surface area contributed by atoms with E-state index in [4.69, 9.17) is 4.74 Å². The van der Waals surface area contributed by atoms with Crippen molar-refractivity contribution in [1.29, 1.82) is 0 Å².